The van der Waals surface area contributed by atoms with Gasteiger partial charge in [-0.1, -0.05) is 52.0 Å². The average Bonchev–Trinajstić information content (AvgIpc) is 2.44. The zero-order valence-electron chi connectivity index (χ0n) is 13.5. The third-order valence-corrected chi connectivity index (χ3v) is 4.62. The van der Waals surface area contributed by atoms with Crippen LogP contribution < -0.4 is 5.73 Å². The Hall–Kier alpha value is -0.860. The van der Waals surface area contributed by atoms with Gasteiger partial charge in [0.1, 0.15) is 0 Å². The molecule has 1 aromatic carbocycles. The Morgan fingerprint density at radius 1 is 1.20 bits per heavy atom. The molecule has 3 N–H and O–H groups in total. The summed E-state index contributed by atoms with van der Waals surface area (Å²) in [4.78, 5) is 0. The molecule has 0 fully saturated rings. The van der Waals surface area contributed by atoms with Gasteiger partial charge in [0, 0.05) is 0 Å². The van der Waals surface area contributed by atoms with E-state index < -0.39 is 5.60 Å². The Labute approximate surface area is 124 Å². The molecule has 0 heterocycles. The van der Waals surface area contributed by atoms with E-state index in [1.807, 2.05) is 0 Å². The van der Waals surface area contributed by atoms with Gasteiger partial charge in [0.25, 0.3) is 0 Å². The molecule has 0 aromatic heterocycles. The second kappa shape index (κ2) is 7.80. The maximum absolute atomic E-state index is 10.8. The molecule has 0 radical (unpaired) electrons. The quantitative estimate of drug-likeness (QED) is 0.763. The molecule has 0 amide bonds. The van der Waals surface area contributed by atoms with Crippen molar-refractivity contribution in [2.75, 3.05) is 6.54 Å². The molecule has 0 saturated carbocycles. The number of aliphatic hydroxyl groups is 1. The van der Waals surface area contributed by atoms with Gasteiger partial charge in [0.05, 0.1) is 5.60 Å². The van der Waals surface area contributed by atoms with E-state index in [2.05, 4.69) is 52.0 Å². The molecule has 1 aromatic rings. The Bertz CT molecular complexity index is 402. The minimum Gasteiger partial charge on any atom is -0.389 e. The van der Waals surface area contributed by atoms with Crippen molar-refractivity contribution in [2.45, 2.75) is 59.0 Å². The lowest BCUT2D eigenvalue weighted by Crippen LogP contribution is -2.42. The van der Waals surface area contributed by atoms with Crippen LogP contribution in [-0.4, -0.2) is 17.3 Å². The van der Waals surface area contributed by atoms with Crippen molar-refractivity contribution in [2.24, 2.45) is 17.6 Å². The zero-order valence-corrected chi connectivity index (χ0v) is 13.5. The summed E-state index contributed by atoms with van der Waals surface area (Å²) in [7, 11) is 0. The number of hydrogen-bond donors (Lipinski definition) is 2. The minimum absolute atomic E-state index is 0.261. The lowest BCUT2D eigenvalue weighted by molar-refractivity contribution is -0.0557. The van der Waals surface area contributed by atoms with Gasteiger partial charge in [-0.25, -0.2) is 0 Å². The first-order valence-electron chi connectivity index (χ1n) is 7.94. The highest BCUT2D eigenvalue weighted by Gasteiger charge is 2.34. The van der Waals surface area contributed by atoms with Gasteiger partial charge in [-0.3, -0.25) is 0 Å². The lowest BCUT2D eigenvalue weighted by atomic mass is 9.75. The minimum atomic E-state index is -0.576. The number of aryl methyl sites for hydroxylation is 1. The first-order valence-corrected chi connectivity index (χ1v) is 7.94. The number of rotatable bonds is 8. The van der Waals surface area contributed by atoms with Gasteiger partial charge >= 0.3 is 0 Å². The summed E-state index contributed by atoms with van der Waals surface area (Å²) in [6.07, 6.45) is 3.81. The van der Waals surface area contributed by atoms with Crippen LogP contribution in [0.1, 0.15) is 51.7 Å². The smallest absolute Gasteiger partial charge is 0.0696 e. The van der Waals surface area contributed by atoms with Gasteiger partial charge in [0.2, 0.25) is 0 Å². The number of hydrogen-bond acceptors (Lipinski definition) is 2. The highest BCUT2D eigenvalue weighted by atomic mass is 16.3. The maximum atomic E-state index is 10.8. The fourth-order valence-electron chi connectivity index (χ4n) is 3.07. The molecule has 2 unspecified atom stereocenters. The van der Waals surface area contributed by atoms with Crippen molar-refractivity contribution < 1.29 is 5.11 Å². The molecular formula is C18H31NO. The third kappa shape index (κ3) is 4.32. The Kier molecular flexibility index (Phi) is 6.70. The molecule has 2 heteroatoms. The lowest BCUT2D eigenvalue weighted by Gasteiger charge is -2.37. The summed E-state index contributed by atoms with van der Waals surface area (Å²) >= 11 is 0. The Morgan fingerprint density at radius 2 is 1.85 bits per heavy atom. The fraction of sp³-hybridized carbons (Fsp3) is 0.667. The van der Waals surface area contributed by atoms with Crippen LogP contribution in [0.25, 0.3) is 0 Å². The van der Waals surface area contributed by atoms with Crippen molar-refractivity contribution in [1.82, 2.24) is 0 Å². The number of benzene rings is 1. The molecule has 114 valence electrons. The van der Waals surface area contributed by atoms with E-state index in [4.69, 9.17) is 5.73 Å². The summed E-state index contributed by atoms with van der Waals surface area (Å²) < 4.78 is 0. The van der Waals surface area contributed by atoms with E-state index in [1.165, 1.54) is 11.1 Å². The first kappa shape index (κ1) is 17.2. The van der Waals surface area contributed by atoms with Crippen LogP contribution in [0.2, 0.25) is 0 Å². The first-order chi connectivity index (χ1) is 9.43. The Balaban J connectivity index is 2.77. The van der Waals surface area contributed by atoms with Crippen LogP contribution in [0.3, 0.4) is 0 Å². The maximum Gasteiger partial charge on any atom is 0.0696 e. The van der Waals surface area contributed by atoms with Crippen LogP contribution >= 0.6 is 0 Å². The van der Waals surface area contributed by atoms with Crippen molar-refractivity contribution in [3.63, 3.8) is 0 Å². The number of nitrogens with two attached hydrogens (primary N) is 1. The van der Waals surface area contributed by atoms with Gasteiger partial charge in [-0.2, -0.15) is 0 Å². The molecule has 2 atom stereocenters. The molecule has 0 aliphatic heterocycles. The summed E-state index contributed by atoms with van der Waals surface area (Å²) in [6.45, 7) is 9.20. The molecule has 0 spiro atoms. The monoisotopic (exact) mass is 277 g/mol. The predicted molar refractivity (Wildman–Crippen MR) is 86.8 cm³/mol. The molecular weight excluding hydrogens is 246 g/mol. The van der Waals surface area contributed by atoms with Crippen LogP contribution in [0.5, 0.6) is 0 Å². The van der Waals surface area contributed by atoms with E-state index in [0.717, 1.165) is 32.2 Å². The second-order valence-electron chi connectivity index (χ2n) is 6.32. The molecule has 0 aliphatic rings. The molecule has 1 rings (SSSR count). The highest BCUT2D eigenvalue weighted by Crippen LogP contribution is 2.32. The van der Waals surface area contributed by atoms with Crippen molar-refractivity contribution >= 4 is 0 Å². The molecule has 20 heavy (non-hydrogen) atoms. The highest BCUT2D eigenvalue weighted by molar-refractivity contribution is 5.24. The molecule has 2 nitrogen and oxygen atoms in total. The summed E-state index contributed by atoms with van der Waals surface area (Å²) in [5.41, 5.74) is 7.66. The summed E-state index contributed by atoms with van der Waals surface area (Å²) in [5.74, 6) is 0.542. The molecule has 0 bridgehead atoms. The molecule has 0 aliphatic carbocycles. The Morgan fingerprint density at radius 3 is 2.40 bits per heavy atom. The van der Waals surface area contributed by atoms with Crippen LogP contribution in [0.15, 0.2) is 24.3 Å². The van der Waals surface area contributed by atoms with Crippen LogP contribution in [-0.2, 0) is 12.8 Å². The van der Waals surface area contributed by atoms with E-state index in [1.54, 1.807) is 0 Å². The second-order valence-corrected chi connectivity index (χ2v) is 6.32. The van der Waals surface area contributed by atoms with Gasteiger partial charge in [-0.05, 0) is 55.2 Å². The van der Waals surface area contributed by atoms with Crippen molar-refractivity contribution in [1.29, 1.82) is 0 Å². The third-order valence-electron chi connectivity index (χ3n) is 4.62. The topological polar surface area (TPSA) is 46.2 Å². The molecule has 0 saturated heterocycles. The average molecular weight is 277 g/mol. The summed E-state index contributed by atoms with van der Waals surface area (Å²) in [6, 6.07) is 8.72. The van der Waals surface area contributed by atoms with E-state index >= 15 is 0 Å². The van der Waals surface area contributed by atoms with Gasteiger partial charge in [-0.15, -0.1) is 0 Å². The van der Waals surface area contributed by atoms with Gasteiger partial charge in [0.15, 0.2) is 0 Å². The SMILES string of the molecule is CCC(O)(C(C)C)C(C)Cc1cccc(CCCN)c1. The van der Waals surface area contributed by atoms with Crippen LogP contribution in [0, 0.1) is 11.8 Å². The van der Waals surface area contributed by atoms with Crippen molar-refractivity contribution in [3.05, 3.63) is 35.4 Å². The summed E-state index contributed by atoms with van der Waals surface area (Å²) in [5, 5.41) is 10.8. The van der Waals surface area contributed by atoms with Gasteiger partial charge < -0.3 is 10.8 Å². The van der Waals surface area contributed by atoms with E-state index in [0.29, 0.717) is 0 Å². The van der Waals surface area contributed by atoms with Crippen molar-refractivity contribution in [3.8, 4) is 0 Å². The fourth-order valence-corrected chi connectivity index (χ4v) is 3.07. The van der Waals surface area contributed by atoms with Crippen LogP contribution in [0.4, 0.5) is 0 Å². The largest absolute Gasteiger partial charge is 0.389 e. The predicted octanol–water partition coefficient (Wildman–Crippen LogP) is 3.55. The standard InChI is InChI=1S/C18H31NO/c1-5-18(20,14(2)3)15(4)12-17-9-6-8-16(13-17)10-7-11-19/h6,8-9,13-15,20H,5,7,10-12,19H2,1-4H3. The van der Waals surface area contributed by atoms with E-state index in [-0.39, 0.29) is 11.8 Å². The van der Waals surface area contributed by atoms with E-state index in [9.17, 15) is 5.11 Å². The normalized spacial score (nSPS) is 16.1. The zero-order chi connectivity index (χ0) is 15.2.